The fourth-order valence-corrected chi connectivity index (χ4v) is 3.54. The molecule has 0 saturated carbocycles. The Labute approximate surface area is 152 Å². The van der Waals surface area contributed by atoms with Crippen LogP contribution in [0.15, 0.2) is 47.4 Å². The minimum Gasteiger partial charge on any atom is -0.483 e. The minimum atomic E-state index is -3.59. The second-order valence-corrected chi connectivity index (χ2v) is 7.76. The number of benzene rings is 2. The van der Waals surface area contributed by atoms with Crippen LogP contribution >= 0.6 is 0 Å². The first-order valence-electron chi connectivity index (χ1n) is 7.98. The predicted molar refractivity (Wildman–Crippen MR) is 97.2 cm³/mol. The van der Waals surface area contributed by atoms with Crippen molar-refractivity contribution in [2.24, 2.45) is 0 Å². The van der Waals surface area contributed by atoms with E-state index in [4.69, 9.17) is 4.74 Å². The van der Waals surface area contributed by atoms with E-state index in [0.29, 0.717) is 17.0 Å². The van der Waals surface area contributed by atoms with Gasteiger partial charge in [0.05, 0.1) is 4.90 Å². The number of sulfonamides is 1. The zero-order valence-electron chi connectivity index (χ0n) is 14.7. The molecular formula is C18H21FN2O4S. The van der Waals surface area contributed by atoms with Gasteiger partial charge in [-0.05, 0) is 68.8 Å². The number of hydrogen-bond acceptors (Lipinski definition) is 4. The molecule has 0 saturated heterocycles. The maximum atomic E-state index is 12.8. The van der Waals surface area contributed by atoms with Gasteiger partial charge < -0.3 is 10.1 Å². The van der Waals surface area contributed by atoms with E-state index in [1.165, 1.54) is 42.5 Å². The fraction of sp³-hybridized carbons (Fsp3) is 0.278. The van der Waals surface area contributed by atoms with Gasteiger partial charge in [0.1, 0.15) is 11.6 Å². The summed E-state index contributed by atoms with van der Waals surface area (Å²) in [5.74, 6) is -0.395. The number of carbonyl (C=O) groups excluding carboxylic acids is 1. The Morgan fingerprint density at radius 1 is 1.15 bits per heavy atom. The van der Waals surface area contributed by atoms with Crippen LogP contribution in [0.5, 0.6) is 5.75 Å². The van der Waals surface area contributed by atoms with E-state index in [1.807, 2.05) is 0 Å². The van der Waals surface area contributed by atoms with Gasteiger partial charge in [-0.2, -0.15) is 0 Å². The highest BCUT2D eigenvalue weighted by Gasteiger charge is 2.16. The van der Waals surface area contributed by atoms with Gasteiger partial charge in [-0.1, -0.05) is 0 Å². The number of rotatable bonds is 7. The molecule has 0 bridgehead atoms. The van der Waals surface area contributed by atoms with Crippen LogP contribution in [0, 0.1) is 12.7 Å². The molecule has 0 heterocycles. The van der Waals surface area contributed by atoms with E-state index in [0.717, 1.165) is 0 Å². The summed E-state index contributed by atoms with van der Waals surface area (Å²) in [7, 11) is -3.59. The summed E-state index contributed by atoms with van der Waals surface area (Å²) in [6, 6.07) is 9.57. The molecule has 26 heavy (non-hydrogen) atoms. The molecule has 0 aliphatic heterocycles. The van der Waals surface area contributed by atoms with Gasteiger partial charge in [0, 0.05) is 11.7 Å². The summed E-state index contributed by atoms with van der Waals surface area (Å²) < 4.78 is 45.1. The van der Waals surface area contributed by atoms with Crippen molar-refractivity contribution >= 4 is 21.6 Å². The molecule has 1 amide bonds. The third-order valence-corrected chi connectivity index (χ3v) is 4.99. The van der Waals surface area contributed by atoms with Crippen LogP contribution < -0.4 is 14.8 Å². The highest BCUT2D eigenvalue weighted by molar-refractivity contribution is 7.89. The molecule has 0 fully saturated rings. The Hall–Kier alpha value is -2.45. The third-order valence-electron chi connectivity index (χ3n) is 3.33. The van der Waals surface area contributed by atoms with E-state index in [1.54, 1.807) is 20.8 Å². The number of carbonyl (C=O) groups is 1. The van der Waals surface area contributed by atoms with Crippen LogP contribution in [0.3, 0.4) is 0 Å². The smallest absolute Gasteiger partial charge is 0.262 e. The summed E-state index contributed by atoms with van der Waals surface area (Å²) in [5, 5.41) is 2.58. The molecule has 0 aromatic heterocycles. The van der Waals surface area contributed by atoms with Gasteiger partial charge in [-0.15, -0.1) is 0 Å². The topological polar surface area (TPSA) is 84.5 Å². The van der Waals surface area contributed by atoms with Crippen LogP contribution in [-0.2, 0) is 14.8 Å². The second-order valence-electron chi connectivity index (χ2n) is 6.05. The maximum absolute atomic E-state index is 12.8. The lowest BCUT2D eigenvalue weighted by atomic mass is 10.2. The van der Waals surface area contributed by atoms with Crippen molar-refractivity contribution in [2.75, 3.05) is 11.9 Å². The van der Waals surface area contributed by atoms with E-state index in [-0.39, 0.29) is 17.5 Å². The summed E-state index contributed by atoms with van der Waals surface area (Å²) in [6.45, 7) is 4.92. The number of hydrogen-bond donors (Lipinski definition) is 2. The standard InChI is InChI=1S/C18H21FN2O4S/c1-12(2)21-26(23,24)16-8-9-17(13(3)10-16)25-11-18(22)20-15-6-4-14(19)5-7-15/h4-10,12,21H,11H2,1-3H3,(H,20,22). The summed E-state index contributed by atoms with van der Waals surface area (Å²) in [6.07, 6.45) is 0. The van der Waals surface area contributed by atoms with Gasteiger partial charge in [0.2, 0.25) is 10.0 Å². The van der Waals surface area contributed by atoms with Crippen LogP contribution in [0.2, 0.25) is 0 Å². The highest BCUT2D eigenvalue weighted by Crippen LogP contribution is 2.22. The molecule has 0 aliphatic carbocycles. The molecule has 2 rings (SSSR count). The molecule has 0 aliphatic rings. The summed E-state index contributed by atoms with van der Waals surface area (Å²) >= 11 is 0. The zero-order valence-corrected chi connectivity index (χ0v) is 15.6. The number of anilines is 1. The van der Waals surface area contributed by atoms with Gasteiger partial charge in [0.15, 0.2) is 6.61 Å². The van der Waals surface area contributed by atoms with Crippen LogP contribution in [0.1, 0.15) is 19.4 Å². The Morgan fingerprint density at radius 3 is 2.38 bits per heavy atom. The van der Waals surface area contributed by atoms with Gasteiger partial charge in [-0.25, -0.2) is 17.5 Å². The largest absolute Gasteiger partial charge is 0.483 e. The zero-order chi connectivity index (χ0) is 19.3. The Bertz CT molecular complexity index is 881. The minimum absolute atomic E-state index is 0.131. The van der Waals surface area contributed by atoms with E-state index in [2.05, 4.69) is 10.0 Å². The number of aryl methyl sites for hydroxylation is 1. The first-order valence-corrected chi connectivity index (χ1v) is 9.47. The van der Waals surface area contributed by atoms with Crippen LogP contribution in [-0.4, -0.2) is 27.0 Å². The van der Waals surface area contributed by atoms with Crippen molar-refractivity contribution in [1.82, 2.24) is 4.72 Å². The molecule has 2 N–H and O–H groups in total. The highest BCUT2D eigenvalue weighted by atomic mass is 32.2. The molecular weight excluding hydrogens is 359 g/mol. The molecule has 6 nitrogen and oxygen atoms in total. The van der Waals surface area contributed by atoms with E-state index in [9.17, 15) is 17.6 Å². The van der Waals surface area contributed by atoms with Crippen LogP contribution in [0.25, 0.3) is 0 Å². The predicted octanol–water partition coefficient (Wildman–Crippen LogP) is 2.84. The van der Waals surface area contributed by atoms with Gasteiger partial charge in [-0.3, -0.25) is 4.79 Å². The van der Waals surface area contributed by atoms with Crippen molar-refractivity contribution in [3.8, 4) is 5.75 Å². The summed E-state index contributed by atoms with van der Waals surface area (Å²) in [4.78, 5) is 12.0. The molecule has 0 spiro atoms. The molecule has 2 aromatic carbocycles. The molecule has 0 unspecified atom stereocenters. The molecule has 0 radical (unpaired) electrons. The lowest BCUT2D eigenvalue weighted by Gasteiger charge is -2.13. The van der Waals surface area contributed by atoms with E-state index >= 15 is 0 Å². The monoisotopic (exact) mass is 380 g/mol. The van der Waals surface area contributed by atoms with Crippen molar-refractivity contribution in [2.45, 2.75) is 31.7 Å². The lowest BCUT2D eigenvalue weighted by Crippen LogP contribution is -2.30. The number of ether oxygens (including phenoxy) is 1. The van der Waals surface area contributed by atoms with Crippen LogP contribution in [0.4, 0.5) is 10.1 Å². The van der Waals surface area contributed by atoms with Crippen molar-refractivity contribution in [1.29, 1.82) is 0 Å². The Balaban J connectivity index is 1.99. The van der Waals surface area contributed by atoms with Gasteiger partial charge >= 0.3 is 0 Å². The number of nitrogens with one attached hydrogen (secondary N) is 2. The van der Waals surface area contributed by atoms with Crippen molar-refractivity contribution in [3.63, 3.8) is 0 Å². The average Bonchev–Trinajstić information content (AvgIpc) is 2.54. The molecule has 140 valence electrons. The lowest BCUT2D eigenvalue weighted by molar-refractivity contribution is -0.118. The normalized spacial score (nSPS) is 11.4. The van der Waals surface area contributed by atoms with Gasteiger partial charge in [0.25, 0.3) is 5.91 Å². The average molecular weight is 380 g/mol. The second kappa shape index (κ2) is 8.29. The number of halogens is 1. The molecule has 8 heteroatoms. The summed E-state index contributed by atoms with van der Waals surface area (Å²) in [5.41, 5.74) is 1.05. The Kier molecular flexibility index (Phi) is 6.33. The quantitative estimate of drug-likeness (QED) is 0.774. The first-order chi connectivity index (χ1) is 12.2. The van der Waals surface area contributed by atoms with E-state index < -0.39 is 21.7 Å². The Morgan fingerprint density at radius 2 is 1.81 bits per heavy atom. The first kappa shape index (κ1) is 19.9. The molecule has 0 atom stereocenters. The SMILES string of the molecule is Cc1cc(S(=O)(=O)NC(C)C)ccc1OCC(=O)Nc1ccc(F)cc1. The third kappa shape index (κ3) is 5.53. The number of amides is 1. The maximum Gasteiger partial charge on any atom is 0.262 e. The fourth-order valence-electron chi connectivity index (χ4n) is 2.20. The van der Waals surface area contributed by atoms with Crippen molar-refractivity contribution < 1.29 is 22.3 Å². The van der Waals surface area contributed by atoms with Crippen molar-refractivity contribution in [3.05, 3.63) is 53.8 Å². The molecule has 2 aromatic rings.